The molecule has 140 valence electrons. The zero-order valence-corrected chi connectivity index (χ0v) is 16.6. The van der Waals surface area contributed by atoms with Crippen molar-refractivity contribution in [3.63, 3.8) is 0 Å². The molecule has 0 aliphatic carbocycles. The summed E-state index contributed by atoms with van der Waals surface area (Å²) in [4.78, 5) is 23.0. The molecule has 0 spiro atoms. The van der Waals surface area contributed by atoms with Gasteiger partial charge in [-0.05, 0) is 31.5 Å². The number of carbonyl (C=O) groups excluding carboxylic acids is 1. The summed E-state index contributed by atoms with van der Waals surface area (Å²) < 4.78 is 1.85. The molecule has 0 N–H and O–H groups in total. The first-order chi connectivity index (χ1) is 12.9. The van der Waals surface area contributed by atoms with Crippen LogP contribution in [0.4, 0.5) is 5.82 Å². The van der Waals surface area contributed by atoms with Gasteiger partial charge in [0.2, 0.25) is 0 Å². The Morgan fingerprint density at radius 1 is 1.19 bits per heavy atom. The molecule has 1 aliphatic heterocycles. The highest BCUT2D eigenvalue weighted by Gasteiger charge is 2.22. The molecular weight excluding hydrogens is 385 g/mol. The standard InChI is InChI=1S/C19H19Cl2N5O/c1-11-18-19(23-17(10-22-18)25-7-5-14(27)6-8-25)26(24-11)12(2)15-4-3-13(20)9-16(15)21/h3-4,9-10,12H,5-8H2,1-2H3/t12-/m1/s1. The number of halogens is 2. The Bertz CT molecular complexity index is 1020. The maximum absolute atomic E-state index is 11.5. The first-order valence-electron chi connectivity index (χ1n) is 8.87. The highest BCUT2D eigenvalue weighted by molar-refractivity contribution is 6.35. The van der Waals surface area contributed by atoms with Crippen LogP contribution in [0, 0.1) is 6.92 Å². The molecule has 1 aromatic carbocycles. The van der Waals surface area contributed by atoms with Crippen molar-refractivity contribution in [3.05, 3.63) is 45.7 Å². The lowest BCUT2D eigenvalue weighted by molar-refractivity contribution is -0.119. The van der Waals surface area contributed by atoms with E-state index in [2.05, 4.69) is 15.0 Å². The second-order valence-electron chi connectivity index (χ2n) is 6.80. The van der Waals surface area contributed by atoms with Crippen molar-refractivity contribution in [1.82, 2.24) is 19.7 Å². The third-order valence-electron chi connectivity index (χ3n) is 4.98. The molecule has 1 fully saturated rings. The van der Waals surface area contributed by atoms with Gasteiger partial charge in [-0.3, -0.25) is 4.79 Å². The molecule has 3 heterocycles. The van der Waals surface area contributed by atoms with Gasteiger partial charge in [0.05, 0.1) is 17.9 Å². The number of fused-ring (bicyclic) bond motifs is 1. The second-order valence-corrected chi connectivity index (χ2v) is 7.64. The van der Waals surface area contributed by atoms with Gasteiger partial charge in [0.15, 0.2) is 5.65 Å². The molecule has 8 heteroatoms. The van der Waals surface area contributed by atoms with Crippen LogP contribution < -0.4 is 4.90 Å². The maximum Gasteiger partial charge on any atom is 0.179 e. The summed E-state index contributed by atoms with van der Waals surface area (Å²) in [6, 6.07) is 5.33. The zero-order chi connectivity index (χ0) is 19.1. The molecule has 6 nitrogen and oxygen atoms in total. The molecule has 0 amide bonds. The van der Waals surface area contributed by atoms with Crippen LogP contribution in [0.15, 0.2) is 24.4 Å². The van der Waals surface area contributed by atoms with Gasteiger partial charge in [-0.2, -0.15) is 5.10 Å². The van der Waals surface area contributed by atoms with Crippen LogP contribution in [0.25, 0.3) is 11.2 Å². The highest BCUT2D eigenvalue weighted by atomic mass is 35.5. The Labute approximate surface area is 167 Å². The van der Waals surface area contributed by atoms with Crippen LogP contribution >= 0.6 is 23.2 Å². The predicted molar refractivity (Wildman–Crippen MR) is 107 cm³/mol. The lowest BCUT2D eigenvalue weighted by Crippen LogP contribution is -2.34. The molecule has 0 saturated carbocycles. The first kappa shape index (κ1) is 18.2. The van der Waals surface area contributed by atoms with Crippen LogP contribution in [-0.4, -0.2) is 38.6 Å². The van der Waals surface area contributed by atoms with E-state index in [1.165, 1.54) is 0 Å². The van der Waals surface area contributed by atoms with Crippen molar-refractivity contribution in [3.8, 4) is 0 Å². The lowest BCUT2D eigenvalue weighted by atomic mass is 10.1. The molecule has 1 aliphatic rings. The van der Waals surface area contributed by atoms with Crippen LogP contribution in [0.3, 0.4) is 0 Å². The third kappa shape index (κ3) is 3.39. The van der Waals surface area contributed by atoms with Gasteiger partial charge in [0.1, 0.15) is 17.1 Å². The van der Waals surface area contributed by atoms with Gasteiger partial charge in [-0.25, -0.2) is 14.6 Å². The number of benzene rings is 1. The van der Waals surface area contributed by atoms with Crippen molar-refractivity contribution in [2.75, 3.05) is 18.0 Å². The van der Waals surface area contributed by atoms with Gasteiger partial charge < -0.3 is 4.90 Å². The van der Waals surface area contributed by atoms with E-state index in [1.807, 2.05) is 30.7 Å². The number of piperidine rings is 1. The van der Waals surface area contributed by atoms with Crippen LogP contribution in [0.2, 0.25) is 10.0 Å². The van der Waals surface area contributed by atoms with Crippen LogP contribution in [0.5, 0.6) is 0 Å². The van der Waals surface area contributed by atoms with Gasteiger partial charge in [-0.15, -0.1) is 0 Å². The second kappa shape index (κ2) is 7.09. The molecule has 0 unspecified atom stereocenters. The minimum Gasteiger partial charge on any atom is -0.354 e. The Balaban J connectivity index is 1.76. The number of nitrogens with zero attached hydrogens (tertiary/aromatic N) is 5. The third-order valence-corrected chi connectivity index (χ3v) is 5.55. The summed E-state index contributed by atoms with van der Waals surface area (Å²) in [6.07, 6.45) is 2.86. The number of hydrogen-bond donors (Lipinski definition) is 0. The molecule has 1 saturated heterocycles. The fourth-order valence-electron chi connectivity index (χ4n) is 3.42. The SMILES string of the molecule is Cc1nn([C@H](C)c2ccc(Cl)cc2Cl)c2nc(N3CCC(=O)CC3)cnc12. The van der Waals surface area contributed by atoms with E-state index in [-0.39, 0.29) is 6.04 Å². The van der Waals surface area contributed by atoms with Crippen LogP contribution in [0.1, 0.15) is 37.1 Å². The van der Waals surface area contributed by atoms with E-state index in [4.69, 9.17) is 28.2 Å². The predicted octanol–water partition coefficient (Wildman–Crippen LogP) is 4.22. The topological polar surface area (TPSA) is 63.9 Å². The fraction of sp³-hybridized carbons (Fsp3) is 0.368. The number of Topliss-reactive ketones (excluding diaryl/α,β-unsaturated/α-hetero) is 1. The normalized spacial score (nSPS) is 16.1. The summed E-state index contributed by atoms with van der Waals surface area (Å²) in [6.45, 7) is 5.28. The van der Waals surface area contributed by atoms with Gasteiger partial charge in [0.25, 0.3) is 0 Å². The summed E-state index contributed by atoms with van der Waals surface area (Å²) in [7, 11) is 0. The average Bonchev–Trinajstić information content (AvgIpc) is 2.98. The highest BCUT2D eigenvalue weighted by Crippen LogP contribution is 2.31. The summed E-state index contributed by atoms with van der Waals surface area (Å²) >= 11 is 12.4. The number of aromatic nitrogens is 4. The molecule has 4 rings (SSSR count). The minimum atomic E-state index is -0.126. The number of ketones is 1. The van der Waals surface area contributed by atoms with Gasteiger partial charge in [0, 0.05) is 36.0 Å². The molecule has 3 aromatic rings. The van der Waals surface area contributed by atoms with Gasteiger partial charge >= 0.3 is 0 Å². The van der Waals surface area contributed by atoms with Crippen molar-refractivity contribution in [2.45, 2.75) is 32.7 Å². The van der Waals surface area contributed by atoms with E-state index in [0.29, 0.717) is 47.4 Å². The number of hydrogen-bond acceptors (Lipinski definition) is 5. The molecule has 0 radical (unpaired) electrons. The summed E-state index contributed by atoms with van der Waals surface area (Å²) in [5.74, 6) is 1.07. The maximum atomic E-state index is 11.5. The molecule has 1 atom stereocenters. The molecule has 27 heavy (non-hydrogen) atoms. The van der Waals surface area contributed by atoms with Crippen molar-refractivity contribution < 1.29 is 4.79 Å². The molecular formula is C19H19Cl2N5O. The Morgan fingerprint density at radius 3 is 2.63 bits per heavy atom. The molecule has 0 bridgehead atoms. The largest absolute Gasteiger partial charge is 0.354 e. The van der Waals surface area contributed by atoms with E-state index < -0.39 is 0 Å². The first-order valence-corrected chi connectivity index (χ1v) is 9.63. The number of anilines is 1. The van der Waals surface area contributed by atoms with E-state index in [0.717, 1.165) is 22.6 Å². The summed E-state index contributed by atoms with van der Waals surface area (Å²) in [5, 5.41) is 5.84. The quantitative estimate of drug-likeness (QED) is 0.654. The monoisotopic (exact) mass is 403 g/mol. The van der Waals surface area contributed by atoms with E-state index in [1.54, 1.807) is 12.3 Å². The Morgan fingerprint density at radius 2 is 1.93 bits per heavy atom. The number of carbonyl (C=O) groups is 1. The average molecular weight is 404 g/mol. The number of rotatable bonds is 3. The van der Waals surface area contributed by atoms with E-state index in [9.17, 15) is 4.79 Å². The summed E-state index contributed by atoms with van der Waals surface area (Å²) in [5.41, 5.74) is 3.21. The van der Waals surface area contributed by atoms with Crippen LogP contribution in [-0.2, 0) is 4.79 Å². The zero-order valence-electron chi connectivity index (χ0n) is 15.1. The fourth-order valence-corrected chi connectivity index (χ4v) is 3.99. The van der Waals surface area contributed by atoms with Crippen molar-refractivity contribution >= 4 is 46.0 Å². The van der Waals surface area contributed by atoms with Crippen molar-refractivity contribution in [1.29, 1.82) is 0 Å². The van der Waals surface area contributed by atoms with Gasteiger partial charge in [-0.1, -0.05) is 29.3 Å². The van der Waals surface area contributed by atoms with E-state index >= 15 is 0 Å². The van der Waals surface area contributed by atoms with Crippen molar-refractivity contribution in [2.24, 2.45) is 0 Å². The minimum absolute atomic E-state index is 0.126. The molecule has 2 aromatic heterocycles. The lowest BCUT2D eigenvalue weighted by Gasteiger charge is -2.26. The Hall–Kier alpha value is -2.18. The smallest absolute Gasteiger partial charge is 0.179 e. The Kier molecular flexibility index (Phi) is 4.78. The number of aryl methyl sites for hydroxylation is 1.